The standard InChI is InChI=1S/C14H26N4/c1-15-14(13-6-4-5-7-13)11-17(2)9-12-8-16-18(3)10-12/h8,10,13-15H,4-7,9,11H2,1-3H3. The number of likely N-dealkylation sites (N-methyl/N-ethyl adjacent to an activating group) is 2. The minimum Gasteiger partial charge on any atom is -0.315 e. The Morgan fingerprint density at radius 3 is 2.78 bits per heavy atom. The van der Waals surface area contributed by atoms with Crippen molar-refractivity contribution in [3.63, 3.8) is 0 Å². The molecule has 18 heavy (non-hydrogen) atoms. The van der Waals surface area contributed by atoms with Crippen molar-refractivity contribution in [3.8, 4) is 0 Å². The molecule has 0 aliphatic heterocycles. The first kappa shape index (κ1) is 13.6. The molecule has 1 N–H and O–H groups in total. The zero-order valence-corrected chi connectivity index (χ0v) is 11.9. The second-order valence-electron chi connectivity index (χ2n) is 5.66. The van der Waals surface area contributed by atoms with Crippen LogP contribution >= 0.6 is 0 Å². The van der Waals surface area contributed by atoms with Crippen LogP contribution in [-0.4, -0.2) is 41.4 Å². The number of hydrogen-bond donors (Lipinski definition) is 1. The summed E-state index contributed by atoms with van der Waals surface area (Å²) >= 11 is 0. The minimum atomic E-state index is 0.633. The normalized spacial score (nSPS) is 18.7. The van der Waals surface area contributed by atoms with Gasteiger partial charge in [0.15, 0.2) is 0 Å². The molecule has 0 saturated heterocycles. The maximum absolute atomic E-state index is 4.22. The molecule has 0 amide bonds. The van der Waals surface area contributed by atoms with Gasteiger partial charge in [0.2, 0.25) is 0 Å². The number of aryl methyl sites for hydroxylation is 1. The van der Waals surface area contributed by atoms with Crippen molar-refractivity contribution >= 4 is 0 Å². The van der Waals surface area contributed by atoms with E-state index in [9.17, 15) is 0 Å². The Morgan fingerprint density at radius 1 is 1.50 bits per heavy atom. The van der Waals surface area contributed by atoms with Crippen molar-refractivity contribution in [2.24, 2.45) is 13.0 Å². The van der Waals surface area contributed by atoms with E-state index in [4.69, 9.17) is 0 Å². The molecule has 1 aromatic rings. The van der Waals surface area contributed by atoms with E-state index in [2.05, 4.69) is 35.6 Å². The van der Waals surface area contributed by atoms with Crippen molar-refractivity contribution in [2.45, 2.75) is 38.3 Å². The second-order valence-corrected chi connectivity index (χ2v) is 5.66. The van der Waals surface area contributed by atoms with Crippen molar-refractivity contribution in [1.82, 2.24) is 20.0 Å². The summed E-state index contributed by atoms with van der Waals surface area (Å²) in [4.78, 5) is 2.40. The molecule has 0 bridgehead atoms. The summed E-state index contributed by atoms with van der Waals surface area (Å²) in [6.07, 6.45) is 9.67. The molecule has 1 aliphatic rings. The number of nitrogens with zero attached hydrogens (tertiary/aromatic N) is 3. The summed E-state index contributed by atoms with van der Waals surface area (Å²) in [6, 6.07) is 0.633. The van der Waals surface area contributed by atoms with E-state index in [0.717, 1.165) is 19.0 Å². The Balaban J connectivity index is 1.83. The van der Waals surface area contributed by atoms with Gasteiger partial charge < -0.3 is 10.2 Å². The highest BCUT2D eigenvalue weighted by Crippen LogP contribution is 2.28. The molecule has 1 aliphatic carbocycles. The molecule has 1 saturated carbocycles. The summed E-state index contributed by atoms with van der Waals surface area (Å²) in [6.45, 7) is 2.11. The molecule has 4 nitrogen and oxygen atoms in total. The monoisotopic (exact) mass is 250 g/mol. The molecule has 1 fully saturated rings. The second kappa shape index (κ2) is 6.34. The summed E-state index contributed by atoms with van der Waals surface area (Å²) in [5.41, 5.74) is 1.29. The van der Waals surface area contributed by atoms with Gasteiger partial charge in [0.1, 0.15) is 0 Å². The molecule has 1 atom stereocenters. The maximum atomic E-state index is 4.22. The predicted molar refractivity (Wildman–Crippen MR) is 74.3 cm³/mol. The van der Waals surface area contributed by atoms with Crippen molar-refractivity contribution < 1.29 is 0 Å². The molecule has 1 aromatic heterocycles. The highest BCUT2D eigenvalue weighted by atomic mass is 15.2. The third-order valence-corrected chi connectivity index (χ3v) is 4.06. The molecule has 0 radical (unpaired) electrons. The van der Waals surface area contributed by atoms with E-state index in [1.807, 2.05) is 17.9 Å². The van der Waals surface area contributed by atoms with Gasteiger partial charge in [0, 0.05) is 37.9 Å². The van der Waals surface area contributed by atoms with E-state index in [0.29, 0.717) is 6.04 Å². The summed E-state index contributed by atoms with van der Waals surface area (Å²) < 4.78 is 1.87. The van der Waals surface area contributed by atoms with Gasteiger partial charge in [-0.3, -0.25) is 4.68 Å². The van der Waals surface area contributed by atoms with Crippen LogP contribution in [0.2, 0.25) is 0 Å². The summed E-state index contributed by atoms with van der Waals surface area (Å²) in [5.74, 6) is 0.867. The largest absolute Gasteiger partial charge is 0.315 e. The Hall–Kier alpha value is -0.870. The Morgan fingerprint density at radius 2 is 2.22 bits per heavy atom. The highest BCUT2D eigenvalue weighted by Gasteiger charge is 2.24. The number of nitrogens with one attached hydrogen (secondary N) is 1. The zero-order chi connectivity index (χ0) is 13.0. The van der Waals surface area contributed by atoms with Crippen molar-refractivity contribution in [1.29, 1.82) is 0 Å². The lowest BCUT2D eigenvalue weighted by molar-refractivity contribution is 0.243. The lowest BCUT2D eigenvalue weighted by Gasteiger charge is -2.28. The quantitative estimate of drug-likeness (QED) is 0.833. The van der Waals surface area contributed by atoms with E-state index in [1.54, 1.807) is 0 Å². The third-order valence-electron chi connectivity index (χ3n) is 4.06. The fraction of sp³-hybridized carbons (Fsp3) is 0.786. The van der Waals surface area contributed by atoms with Crippen LogP contribution in [0.4, 0.5) is 0 Å². The van der Waals surface area contributed by atoms with Crippen LogP contribution in [-0.2, 0) is 13.6 Å². The minimum absolute atomic E-state index is 0.633. The lowest BCUT2D eigenvalue weighted by Crippen LogP contribution is -2.41. The van der Waals surface area contributed by atoms with Gasteiger partial charge in [-0.15, -0.1) is 0 Å². The van der Waals surface area contributed by atoms with Crippen LogP contribution < -0.4 is 5.32 Å². The molecule has 4 heteroatoms. The van der Waals surface area contributed by atoms with Crippen molar-refractivity contribution in [2.75, 3.05) is 20.6 Å². The van der Waals surface area contributed by atoms with Crippen LogP contribution in [0.1, 0.15) is 31.2 Å². The van der Waals surface area contributed by atoms with Gasteiger partial charge in [0.05, 0.1) is 6.20 Å². The molecule has 102 valence electrons. The lowest BCUT2D eigenvalue weighted by atomic mass is 9.98. The molecule has 1 heterocycles. The first-order valence-electron chi connectivity index (χ1n) is 7.02. The van der Waals surface area contributed by atoms with Gasteiger partial charge >= 0.3 is 0 Å². The smallest absolute Gasteiger partial charge is 0.0534 e. The first-order valence-corrected chi connectivity index (χ1v) is 7.02. The highest BCUT2D eigenvalue weighted by molar-refractivity contribution is 5.03. The van der Waals surface area contributed by atoms with Crippen LogP contribution in [0, 0.1) is 5.92 Å². The van der Waals surface area contributed by atoms with E-state index in [-0.39, 0.29) is 0 Å². The van der Waals surface area contributed by atoms with E-state index < -0.39 is 0 Å². The van der Waals surface area contributed by atoms with Gasteiger partial charge in [-0.2, -0.15) is 5.10 Å². The molecule has 0 aromatic carbocycles. The predicted octanol–water partition coefficient (Wildman–Crippen LogP) is 1.63. The topological polar surface area (TPSA) is 33.1 Å². The average Bonchev–Trinajstić information content (AvgIpc) is 2.98. The Bertz CT molecular complexity index is 354. The molecule has 1 unspecified atom stereocenters. The van der Waals surface area contributed by atoms with Crippen LogP contribution in [0.15, 0.2) is 12.4 Å². The average molecular weight is 250 g/mol. The van der Waals surface area contributed by atoms with Gasteiger partial charge in [0.25, 0.3) is 0 Å². The van der Waals surface area contributed by atoms with Gasteiger partial charge in [-0.05, 0) is 32.9 Å². The molecular formula is C14H26N4. The van der Waals surface area contributed by atoms with Gasteiger partial charge in [-0.25, -0.2) is 0 Å². The summed E-state index contributed by atoms with van der Waals surface area (Å²) in [5, 5.41) is 7.72. The maximum Gasteiger partial charge on any atom is 0.0534 e. The molecule has 0 spiro atoms. The summed E-state index contributed by atoms with van der Waals surface area (Å²) in [7, 11) is 6.27. The third kappa shape index (κ3) is 3.56. The Labute approximate surface area is 110 Å². The van der Waals surface area contributed by atoms with Crippen LogP contribution in [0.5, 0.6) is 0 Å². The number of rotatable bonds is 6. The SMILES string of the molecule is CNC(CN(C)Cc1cnn(C)c1)C1CCCC1. The van der Waals surface area contributed by atoms with Crippen LogP contribution in [0.25, 0.3) is 0 Å². The number of hydrogen-bond acceptors (Lipinski definition) is 3. The van der Waals surface area contributed by atoms with E-state index >= 15 is 0 Å². The molecule has 2 rings (SSSR count). The van der Waals surface area contributed by atoms with Crippen molar-refractivity contribution in [3.05, 3.63) is 18.0 Å². The first-order chi connectivity index (χ1) is 8.69. The van der Waals surface area contributed by atoms with Crippen LogP contribution in [0.3, 0.4) is 0 Å². The number of aromatic nitrogens is 2. The van der Waals surface area contributed by atoms with E-state index in [1.165, 1.54) is 31.2 Å². The zero-order valence-electron chi connectivity index (χ0n) is 11.9. The molecular weight excluding hydrogens is 224 g/mol. The fourth-order valence-electron chi connectivity index (χ4n) is 3.10. The van der Waals surface area contributed by atoms with Gasteiger partial charge in [-0.1, -0.05) is 12.8 Å². The Kier molecular flexibility index (Phi) is 4.78. The fourth-order valence-corrected chi connectivity index (χ4v) is 3.10.